The number of hydrogen-bond acceptors (Lipinski definition) is 4. The summed E-state index contributed by atoms with van der Waals surface area (Å²) < 4.78 is 5.05. The van der Waals surface area contributed by atoms with Crippen LogP contribution in [0.3, 0.4) is 0 Å². The molecule has 0 radical (unpaired) electrons. The molecule has 0 aromatic carbocycles. The number of H-pyrrole nitrogens is 1. The number of aromatic amines is 1. The monoisotopic (exact) mass is 206 g/mol. The number of aromatic nitrogens is 4. The molecule has 0 bridgehead atoms. The number of nitrogens with one attached hydrogen (secondary N) is 1. The van der Waals surface area contributed by atoms with Crippen LogP contribution in [-0.2, 0) is 12.8 Å². The molecule has 5 nitrogen and oxygen atoms in total. The van der Waals surface area contributed by atoms with Crippen LogP contribution in [0.5, 0.6) is 0 Å². The van der Waals surface area contributed by atoms with Gasteiger partial charge in [-0.25, -0.2) is 0 Å². The van der Waals surface area contributed by atoms with Gasteiger partial charge in [0.2, 0.25) is 5.89 Å². The Morgan fingerprint density at radius 2 is 2.00 bits per heavy atom. The van der Waals surface area contributed by atoms with Gasteiger partial charge in [-0.1, -0.05) is 5.16 Å². The van der Waals surface area contributed by atoms with Gasteiger partial charge in [-0.15, -0.1) is 0 Å². The van der Waals surface area contributed by atoms with E-state index in [4.69, 9.17) is 4.52 Å². The average molecular weight is 206 g/mol. The predicted octanol–water partition coefficient (Wildman–Crippen LogP) is 1.50. The molecular formula is C10H14N4O. The standard InChI is InChI=1S/C10H14N4O/c1-6-9(7(2)13-12-6)4-5-10-11-8(3)14-15-10/h4-5H2,1-3H3,(H,12,13). The largest absolute Gasteiger partial charge is 0.339 e. The van der Waals surface area contributed by atoms with Gasteiger partial charge in [0.1, 0.15) is 0 Å². The summed E-state index contributed by atoms with van der Waals surface area (Å²) in [5, 5.41) is 10.9. The lowest BCUT2D eigenvalue weighted by Crippen LogP contribution is -1.94. The predicted molar refractivity (Wildman–Crippen MR) is 54.5 cm³/mol. The molecule has 0 saturated heterocycles. The van der Waals surface area contributed by atoms with Crippen LogP contribution in [-0.4, -0.2) is 20.3 Å². The normalized spacial score (nSPS) is 10.9. The second kappa shape index (κ2) is 3.84. The van der Waals surface area contributed by atoms with E-state index in [9.17, 15) is 0 Å². The minimum absolute atomic E-state index is 0.686. The van der Waals surface area contributed by atoms with E-state index in [0.29, 0.717) is 11.7 Å². The van der Waals surface area contributed by atoms with Crippen LogP contribution in [0.15, 0.2) is 4.52 Å². The molecule has 0 amide bonds. The maximum Gasteiger partial charge on any atom is 0.226 e. The fourth-order valence-corrected chi connectivity index (χ4v) is 1.62. The lowest BCUT2D eigenvalue weighted by molar-refractivity contribution is 0.374. The number of hydrogen-bond donors (Lipinski definition) is 1. The van der Waals surface area contributed by atoms with Gasteiger partial charge in [-0.2, -0.15) is 10.1 Å². The minimum atomic E-state index is 0.686. The highest BCUT2D eigenvalue weighted by molar-refractivity contribution is 5.23. The van der Waals surface area contributed by atoms with Crippen molar-refractivity contribution in [3.63, 3.8) is 0 Å². The van der Waals surface area contributed by atoms with Crippen LogP contribution in [0.25, 0.3) is 0 Å². The van der Waals surface area contributed by atoms with Crippen molar-refractivity contribution in [2.75, 3.05) is 0 Å². The SMILES string of the molecule is Cc1noc(CCc2c(C)n[nH]c2C)n1. The van der Waals surface area contributed by atoms with Crippen molar-refractivity contribution in [3.8, 4) is 0 Å². The van der Waals surface area contributed by atoms with Crippen molar-refractivity contribution in [3.05, 3.63) is 28.7 Å². The molecule has 0 atom stereocenters. The molecule has 0 unspecified atom stereocenters. The van der Waals surface area contributed by atoms with Crippen LogP contribution in [0.1, 0.15) is 28.7 Å². The molecule has 2 aromatic rings. The van der Waals surface area contributed by atoms with Gasteiger partial charge in [0, 0.05) is 12.1 Å². The fourth-order valence-electron chi connectivity index (χ4n) is 1.62. The lowest BCUT2D eigenvalue weighted by Gasteiger charge is -1.97. The Balaban J connectivity index is 2.05. The third kappa shape index (κ3) is 2.06. The molecule has 0 aliphatic heterocycles. The molecule has 0 saturated carbocycles. The average Bonchev–Trinajstić information content (AvgIpc) is 2.73. The summed E-state index contributed by atoms with van der Waals surface area (Å²) in [5.41, 5.74) is 3.40. The molecule has 0 spiro atoms. The summed E-state index contributed by atoms with van der Waals surface area (Å²) in [6.45, 7) is 5.84. The number of nitrogens with zero attached hydrogens (tertiary/aromatic N) is 3. The smallest absolute Gasteiger partial charge is 0.226 e. The van der Waals surface area contributed by atoms with Crippen molar-refractivity contribution >= 4 is 0 Å². The quantitative estimate of drug-likeness (QED) is 0.826. The summed E-state index contributed by atoms with van der Waals surface area (Å²) in [6, 6.07) is 0. The van der Waals surface area contributed by atoms with Crippen molar-refractivity contribution in [2.24, 2.45) is 0 Å². The Kier molecular flexibility index (Phi) is 2.53. The van der Waals surface area contributed by atoms with Crippen LogP contribution in [0, 0.1) is 20.8 Å². The van der Waals surface area contributed by atoms with Crippen molar-refractivity contribution < 1.29 is 4.52 Å². The van der Waals surface area contributed by atoms with E-state index in [1.54, 1.807) is 0 Å². The highest BCUT2D eigenvalue weighted by Gasteiger charge is 2.09. The van der Waals surface area contributed by atoms with Gasteiger partial charge in [-0.05, 0) is 32.8 Å². The lowest BCUT2D eigenvalue weighted by atomic mass is 10.1. The molecular weight excluding hydrogens is 192 g/mol. The van der Waals surface area contributed by atoms with E-state index < -0.39 is 0 Å². The van der Waals surface area contributed by atoms with Gasteiger partial charge in [0.25, 0.3) is 0 Å². The zero-order chi connectivity index (χ0) is 10.8. The summed E-state index contributed by atoms with van der Waals surface area (Å²) in [4.78, 5) is 4.16. The van der Waals surface area contributed by atoms with E-state index in [-0.39, 0.29) is 0 Å². The van der Waals surface area contributed by atoms with E-state index >= 15 is 0 Å². The molecule has 0 aliphatic carbocycles. The molecule has 15 heavy (non-hydrogen) atoms. The summed E-state index contributed by atoms with van der Waals surface area (Å²) >= 11 is 0. The number of rotatable bonds is 3. The van der Waals surface area contributed by atoms with Gasteiger partial charge in [0.05, 0.1) is 5.69 Å². The van der Waals surface area contributed by atoms with Crippen LogP contribution < -0.4 is 0 Å². The van der Waals surface area contributed by atoms with E-state index in [0.717, 1.165) is 24.2 Å². The molecule has 2 heterocycles. The van der Waals surface area contributed by atoms with E-state index in [2.05, 4.69) is 20.3 Å². The Bertz CT molecular complexity index is 438. The Labute approximate surface area is 87.9 Å². The summed E-state index contributed by atoms with van der Waals surface area (Å²) in [6.07, 6.45) is 1.65. The van der Waals surface area contributed by atoms with Gasteiger partial charge < -0.3 is 4.52 Å². The third-order valence-corrected chi connectivity index (χ3v) is 2.44. The first-order chi connectivity index (χ1) is 7.16. The second-order valence-electron chi connectivity index (χ2n) is 3.65. The first-order valence-electron chi connectivity index (χ1n) is 4.96. The molecule has 1 N–H and O–H groups in total. The maximum atomic E-state index is 5.05. The van der Waals surface area contributed by atoms with Gasteiger partial charge in [-0.3, -0.25) is 5.10 Å². The third-order valence-electron chi connectivity index (χ3n) is 2.44. The highest BCUT2D eigenvalue weighted by atomic mass is 16.5. The first kappa shape index (κ1) is 9.89. The minimum Gasteiger partial charge on any atom is -0.339 e. The Morgan fingerprint density at radius 3 is 2.53 bits per heavy atom. The topological polar surface area (TPSA) is 67.6 Å². The van der Waals surface area contributed by atoms with E-state index in [1.165, 1.54) is 5.56 Å². The second-order valence-corrected chi connectivity index (χ2v) is 3.65. The fraction of sp³-hybridized carbons (Fsp3) is 0.500. The van der Waals surface area contributed by atoms with Crippen LogP contribution in [0.2, 0.25) is 0 Å². The zero-order valence-electron chi connectivity index (χ0n) is 9.16. The van der Waals surface area contributed by atoms with Gasteiger partial charge >= 0.3 is 0 Å². The molecule has 2 rings (SSSR count). The van der Waals surface area contributed by atoms with Crippen molar-refractivity contribution in [1.82, 2.24) is 20.3 Å². The maximum absolute atomic E-state index is 5.05. The van der Waals surface area contributed by atoms with Crippen LogP contribution >= 0.6 is 0 Å². The molecule has 0 fully saturated rings. The summed E-state index contributed by atoms with van der Waals surface area (Å²) in [7, 11) is 0. The van der Waals surface area contributed by atoms with E-state index in [1.807, 2.05) is 20.8 Å². The summed E-state index contributed by atoms with van der Waals surface area (Å²) in [5.74, 6) is 1.37. The first-order valence-corrected chi connectivity index (χ1v) is 4.96. The molecule has 2 aromatic heterocycles. The zero-order valence-corrected chi connectivity index (χ0v) is 9.16. The molecule has 80 valence electrons. The van der Waals surface area contributed by atoms with Crippen LogP contribution in [0.4, 0.5) is 0 Å². The molecule has 0 aliphatic rings. The highest BCUT2D eigenvalue weighted by Crippen LogP contribution is 2.12. The Morgan fingerprint density at radius 1 is 1.20 bits per heavy atom. The molecule has 5 heteroatoms. The van der Waals surface area contributed by atoms with Crippen molar-refractivity contribution in [1.29, 1.82) is 0 Å². The van der Waals surface area contributed by atoms with Gasteiger partial charge in [0.15, 0.2) is 5.82 Å². The Hall–Kier alpha value is -1.65. The van der Waals surface area contributed by atoms with Crippen molar-refractivity contribution in [2.45, 2.75) is 33.6 Å². The number of aryl methyl sites for hydroxylation is 4.